The van der Waals surface area contributed by atoms with Gasteiger partial charge in [0.25, 0.3) is 0 Å². The van der Waals surface area contributed by atoms with Gasteiger partial charge in [-0.15, -0.1) is 0 Å². The molecule has 0 saturated carbocycles. The highest BCUT2D eigenvalue weighted by Gasteiger charge is 2.30. The smallest absolute Gasteiger partial charge is 0.0379 e. The molecule has 0 spiro atoms. The van der Waals surface area contributed by atoms with Crippen LogP contribution in [-0.4, -0.2) is 5.54 Å². The number of nitrogens with one attached hydrogen (secondary N) is 1. The van der Waals surface area contributed by atoms with Gasteiger partial charge in [-0.2, -0.15) is 0 Å². The predicted octanol–water partition coefficient (Wildman–Crippen LogP) is 4.16. The number of hydrogen-bond donors (Lipinski definition) is 1. The van der Waals surface area contributed by atoms with Gasteiger partial charge in [0, 0.05) is 11.2 Å². The van der Waals surface area contributed by atoms with E-state index >= 15 is 0 Å². The number of anilines is 1. The molecule has 1 heterocycles. The van der Waals surface area contributed by atoms with E-state index in [9.17, 15) is 0 Å². The molecule has 1 heteroatoms. The number of fused-ring (bicyclic) bond motifs is 1. The van der Waals surface area contributed by atoms with E-state index in [4.69, 9.17) is 0 Å². The molecule has 0 radical (unpaired) electrons. The molecule has 1 aliphatic rings. The van der Waals surface area contributed by atoms with Crippen molar-refractivity contribution in [3.63, 3.8) is 0 Å². The number of rotatable bonds is 2. The van der Waals surface area contributed by atoms with Crippen LogP contribution in [0.1, 0.15) is 51.5 Å². The van der Waals surface area contributed by atoms with Crippen LogP contribution < -0.4 is 5.32 Å². The van der Waals surface area contributed by atoms with E-state index in [1.807, 2.05) is 0 Å². The number of hydrogen-bond acceptors (Lipinski definition) is 1. The lowest BCUT2D eigenvalue weighted by Gasteiger charge is -2.39. The van der Waals surface area contributed by atoms with Crippen LogP contribution in [0.4, 0.5) is 5.69 Å². The monoisotopic (exact) mass is 203 g/mol. The molecule has 1 aliphatic heterocycles. The van der Waals surface area contributed by atoms with Gasteiger partial charge in [0.15, 0.2) is 0 Å². The molecule has 0 amide bonds. The van der Waals surface area contributed by atoms with Gasteiger partial charge in [-0.25, -0.2) is 0 Å². The summed E-state index contributed by atoms with van der Waals surface area (Å²) in [6.45, 7) is 6.87. The van der Waals surface area contributed by atoms with Crippen molar-refractivity contribution < 1.29 is 0 Å². The molecule has 1 N–H and O–H groups in total. The summed E-state index contributed by atoms with van der Waals surface area (Å²) >= 11 is 0. The lowest BCUT2D eigenvalue weighted by atomic mass is 9.79. The summed E-state index contributed by atoms with van der Waals surface area (Å²) in [5, 5.41) is 3.62. The predicted molar refractivity (Wildman–Crippen MR) is 66.4 cm³/mol. The molecule has 1 aromatic rings. The van der Waals surface area contributed by atoms with E-state index in [1.54, 1.807) is 0 Å². The van der Waals surface area contributed by atoms with Crippen molar-refractivity contribution in [2.75, 3.05) is 5.32 Å². The summed E-state index contributed by atoms with van der Waals surface area (Å²) in [5.74, 6) is 0.738. The Hall–Kier alpha value is -0.980. The molecular weight excluding hydrogens is 182 g/mol. The molecule has 1 atom stereocenters. The summed E-state index contributed by atoms with van der Waals surface area (Å²) in [6.07, 6.45) is 3.83. The average molecular weight is 203 g/mol. The summed E-state index contributed by atoms with van der Waals surface area (Å²) in [7, 11) is 0. The van der Waals surface area contributed by atoms with Crippen LogP contribution in [0.2, 0.25) is 0 Å². The third-order valence-electron chi connectivity index (χ3n) is 3.27. The zero-order valence-corrected chi connectivity index (χ0v) is 10.0. The quantitative estimate of drug-likeness (QED) is 0.761. The summed E-state index contributed by atoms with van der Waals surface area (Å²) in [4.78, 5) is 0. The van der Waals surface area contributed by atoms with E-state index in [1.165, 1.54) is 30.5 Å². The van der Waals surface area contributed by atoms with Gasteiger partial charge in [-0.3, -0.25) is 0 Å². The summed E-state index contributed by atoms with van der Waals surface area (Å²) in [5.41, 5.74) is 3.10. The Balaban J connectivity index is 2.34. The normalized spacial score (nSPS) is 23.0. The van der Waals surface area contributed by atoms with E-state index in [2.05, 4.69) is 50.4 Å². The molecule has 0 saturated heterocycles. The fourth-order valence-electron chi connectivity index (χ4n) is 2.71. The van der Waals surface area contributed by atoms with Crippen LogP contribution in [0.3, 0.4) is 0 Å². The second-order valence-electron chi connectivity index (χ2n) is 5.29. The molecule has 0 unspecified atom stereocenters. The second kappa shape index (κ2) is 3.88. The van der Waals surface area contributed by atoms with Crippen LogP contribution in [0, 0.1) is 0 Å². The highest BCUT2D eigenvalue weighted by molar-refractivity contribution is 5.56. The van der Waals surface area contributed by atoms with Crippen molar-refractivity contribution in [3.8, 4) is 0 Å². The first-order chi connectivity index (χ1) is 7.12. The topological polar surface area (TPSA) is 12.0 Å². The van der Waals surface area contributed by atoms with Crippen LogP contribution in [0.15, 0.2) is 24.3 Å². The van der Waals surface area contributed by atoms with Crippen molar-refractivity contribution in [1.29, 1.82) is 0 Å². The first-order valence-electron chi connectivity index (χ1n) is 5.99. The van der Waals surface area contributed by atoms with Gasteiger partial charge in [-0.05, 0) is 44.2 Å². The minimum absolute atomic E-state index is 0.244. The molecule has 82 valence electrons. The maximum absolute atomic E-state index is 3.62. The van der Waals surface area contributed by atoms with Crippen molar-refractivity contribution in [1.82, 2.24) is 0 Å². The fraction of sp³-hybridized carbons (Fsp3) is 0.571. The average Bonchev–Trinajstić information content (AvgIpc) is 2.16. The van der Waals surface area contributed by atoms with Crippen LogP contribution in [-0.2, 0) is 0 Å². The van der Waals surface area contributed by atoms with E-state index < -0.39 is 0 Å². The van der Waals surface area contributed by atoms with Crippen LogP contribution in [0.5, 0.6) is 0 Å². The van der Waals surface area contributed by atoms with E-state index in [0.29, 0.717) is 0 Å². The highest BCUT2D eigenvalue weighted by atomic mass is 15.0. The van der Waals surface area contributed by atoms with E-state index in [0.717, 1.165) is 5.92 Å². The third-order valence-corrected chi connectivity index (χ3v) is 3.27. The van der Waals surface area contributed by atoms with Crippen molar-refractivity contribution >= 4 is 5.69 Å². The first kappa shape index (κ1) is 10.5. The first-order valence-corrected chi connectivity index (χ1v) is 5.99. The van der Waals surface area contributed by atoms with Crippen molar-refractivity contribution in [2.24, 2.45) is 0 Å². The maximum atomic E-state index is 3.62. The number of para-hydroxylation sites is 1. The van der Waals surface area contributed by atoms with Crippen molar-refractivity contribution in [3.05, 3.63) is 29.8 Å². The Morgan fingerprint density at radius 2 is 2.07 bits per heavy atom. The molecule has 0 aliphatic carbocycles. The maximum Gasteiger partial charge on any atom is 0.0379 e. The van der Waals surface area contributed by atoms with E-state index in [-0.39, 0.29) is 5.54 Å². The lowest BCUT2D eigenvalue weighted by Crippen LogP contribution is -2.37. The van der Waals surface area contributed by atoms with Crippen LogP contribution >= 0.6 is 0 Å². The highest BCUT2D eigenvalue weighted by Crippen LogP contribution is 2.40. The lowest BCUT2D eigenvalue weighted by molar-refractivity contribution is 0.418. The van der Waals surface area contributed by atoms with Gasteiger partial charge >= 0.3 is 0 Å². The van der Waals surface area contributed by atoms with Gasteiger partial charge in [0.2, 0.25) is 0 Å². The third kappa shape index (κ3) is 2.17. The summed E-state index contributed by atoms with van der Waals surface area (Å²) in [6, 6.07) is 8.76. The Kier molecular flexibility index (Phi) is 2.72. The van der Waals surface area contributed by atoms with Crippen molar-refractivity contribution in [2.45, 2.75) is 51.5 Å². The zero-order valence-electron chi connectivity index (χ0n) is 10.0. The molecule has 1 nitrogen and oxygen atoms in total. The zero-order chi connectivity index (χ0) is 10.9. The van der Waals surface area contributed by atoms with Gasteiger partial charge < -0.3 is 5.32 Å². The fourth-order valence-corrected chi connectivity index (χ4v) is 2.71. The van der Waals surface area contributed by atoms with Crippen LogP contribution in [0.25, 0.3) is 0 Å². The molecule has 2 rings (SSSR count). The molecule has 0 aromatic heterocycles. The largest absolute Gasteiger partial charge is 0.380 e. The minimum Gasteiger partial charge on any atom is -0.380 e. The molecule has 15 heavy (non-hydrogen) atoms. The van der Waals surface area contributed by atoms with Gasteiger partial charge in [0.05, 0.1) is 0 Å². The Bertz CT molecular complexity index is 341. The minimum atomic E-state index is 0.244. The summed E-state index contributed by atoms with van der Waals surface area (Å²) < 4.78 is 0. The molecular formula is C14H21N. The standard InChI is InChI=1S/C14H21N/c1-4-7-11-10-14(2,3)15-13-9-6-5-8-12(11)13/h5-6,8-9,11,15H,4,7,10H2,1-3H3/t11-/m1/s1. The number of benzene rings is 1. The molecule has 0 fully saturated rings. The Labute approximate surface area is 92.9 Å². The second-order valence-corrected chi connectivity index (χ2v) is 5.29. The van der Waals surface area contributed by atoms with Gasteiger partial charge in [-0.1, -0.05) is 31.5 Å². The molecule has 0 bridgehead atoms. The SMILES string of the molecule is CCC[C@@H]1CC(C)(C)Nc2ccccc21. The Morgan fingerprint density at radius 1 is 1.33 bits per heavy atom. The Morgan fingerprint density at radius 3 is 2.80 bits per heavy atom. The van der Waals surface area contributed by atoms with Gasteiger partial charge in [0.1, 0.15) is 0 Å². The molecule has 1 aromatic carbocycles.